The summed E-state index contributed by atoms with van der Waals surface area (Å²) >= 11 is 0. The Morgan fingerprint density at radius 2 is 2.06 bits per heavy atom. The summed E-state index contributed by atoms with van der Waals surface area (Å²) in [6, 6.07) is 0.503. The first-order valence-electron chi connectivity index (χ1n) is 6.62. The SMILES string of the molecule is CCC(N)C(N1CCNC(=O)CC1)C(C)(C)C. The first-order valence-corrected chi connectivity index (χ1v) is 6.62. The summed E-state index contributed by atoms with van der Waals surface area (Å²) in [6.45, 7) is 11.3. The average Bonchev–Trinajstić information content (AvgIpc) is 2.42. The van der Waals surface area contributed by atoms with Crippen LogP contribution in [-0.4, -0.2) is 42.5 Å². The first kappa shape index (κ1) is 14.5. The molecule has 4 nitrogen and oxygen atoms in total. The molecule has 1 amide bonds. The molecule has 2 atom stereocenters. The molecule has 4 heteroatoms. The second kappa shape index (κ2) is 5.83. The van der Waals surface area contributed by atoms with Gasteiger partial charge in [0.25, 0.3) is 0 Å². The van der Waals surface area contributed by atoms with Crippen LogP contribution in [0.3, 0.4) is 0 Å². The highest BCUT2D eigenvalue weighted by Crippen LogP contribution is 2.28. The molecule has 17 heavy (non-hydrogen) atoms. The van der Waals surface area contributed by atoms with Gasteiger partial charge in [-0.05, 0) is 11.8 Å². The van der Waals surface area contributed by atoms with Crippen LogP contribution in [-0.2, 0) is 4.79 Å². The standard InChI is InChI=1S/C13H27N3O/c1-5-10(14)12(13(2,3)4)16-8-6-11(17)15-7-9-16/h10,12H,5-9,14H2,1-4H3,(H,15,17). The van der Waals surface area contributed by atoms with Crippen LogP contribution in [0.2, 0.25) is 0 Å². The van der Waals surface area contributed by atoms with Gasteiger partial charge < -0.3 is 11.1 Å². The zero-order valence-electron chi connectivity index (χ0n) is 11.6. The van der Waals surface area contributed by atoms with E-state index in [0.29, 0.717) is 12.5 Å². The Labute approximate surface area is 105 Å². The van der Waals surface area contributed by atoms with Crippen molar-refractivity contribution in [2.45, 2.75) is 52.6 Å². The quantitative estimate of drug-likeness (QED) is 0.774. The molecule has 2 unspecified atom stereocenters. The van der Waals surface area contributed by atoms with Gasteiger partial charge in [-0.1, -0.05) is 27.7 Å². The van der Waals surface area contributed by atoms with Gasteiger partial charge in [0.15, 0.2) is 0 Å². The number of hydrogen-bond donors (Lipinski definition) is 2. The molecule has 0 saturated carbocycles. The van der Waals surface area contributed by atoms with Crippen LogP contribution in [0.15, 0.2) is 0 Å². The molecule has 1 aliphatic rings. The van der Waals surface area contributed by atoms with Gasteiger partial charge in [-0.25, -0.2) is 0 Å². The number of nitrogens with two attached hydrogens (primary N) is 1. The molecule has 1 rings (SSSR count). The van der Waals surface area contributed by atoms with E-state index in [0.717, 1.165) is 26.1 Å². The molecule has 3 N–H and O–H groups in total. The molecule has 0 spiro atoms. The van der Waals surface area contributed by atoms with Crippen molar-refractivity contribution in [3.05, 3.63) is 0 Å². The van der Waals surface area contributed by atoms with Gasteiger partial charge in [0, 0.05) is 38.1 Å². The average molecular weight is 241 g/mol. The molecule has 100 valence electrons. The normalized spacial score (nSPS) is 22.8. The van der Waals surface area contributed by atoms with Crippen LogP contribution in [0.25, 0.3) is 0 Å². The second-order valence-electron chi connectivity index (χ2n) is 6.02. The maximum atomic E-state index is 11.4. The minimum absolute atomic E-state index is 0.142. The number of nitrogens with zero attached hydrogens (tertiary/aromatic N) is 1. The molecule has 1 fully saturated rings. The van der Waals surface area contributed by atoms with Crippen LogP contribution in [0, 0.1) is 5.41 Å². The Morgan fingerprint density at radius 3 is 2.59 bits per heavy atom. The van der Waals surface area contributed by atoms with E-state index in [-0.39, 0.29) is 17.4 Å². The van der Waals surface area contributed by atoms with Crippen LogP contribution in [0.5, 0.6) is 0 Å². The highest BCUT2D eigenvalue weighted by Gasteiger charge is 2.35. The smallest absolute Gasteiger partial charge is 0.221 e. The van der Waals surface area contributed by atoms with Gasteiger partial charge in [0.1, 0.15) is 0 Å². The Morgan fingerprint density at radius 1 is 1.41 bits per heavy atom. The predicted octanol–water partition coefficient (Wildman–Crippen LogP) is 0.960. The molecular weight excluding hydrogens is 214 g/mol. The lowest BCUT2D eigenvalue weighted by Gasteiger charge is -2.43. The Balaban J connectivity index is 2.79. The van der Waals surface area contributed by atoms with E-state index in [1.807, 2.05) is 0 Å². The number of nitrogens with one attached hydrogen (secondary N) is 1. The zero-order chi connectivity index (χ0) is 13.1. The van der Waals surface area contributed by atoms with Crippen LogP contribution >= 0.6 is 0 Å². The molecule has 1 saturated heterocycles. The summed E-state index contributed by atoms with van der Waals surface area (Å²) in [5.41, 5.74) is 6.41. The Bertz CT molecular complexity index is 260. The maximum absolute atomic E-state index is 11.4. The summed E-state index contributed by atoms with van der Waals surface area (Å²) in [5, 5.41) is 2.92. The largest absolute Gasteiger partial charge is 0.355 e. The van der Waals surface area contributed by atoms with Crippen LogP contribution in [0.1, 0.15) is 40.5 Å². The highest BCUT2D eigenvalue weighted by atomic mass is 16.1. The highest BCUT2D eigenvalue weighted by molar-refractivity contribution is 5.76. The van der Waals surface area contributed by atoms with Gasteiger partial charge >= 0.3 is 0 Å². The lowest BCUT2D eigenvalue weighted by atomic mass is 9.80. The van der Waals surface area contributed by atoms with Gasteiger partial charge in [0.2, 0.25) is 5.91 Å². The summed E-state index contributed by atoms with van der Waals surface area (Å²) < 4.78 is 0. The van der Waals surface area contributed by atoms with E-state index in [1.165, 1.54) is 0 Å². The van der Waals surface area contributed by atoms with Crippen molar-refractivity contribution in [3.8, 4) is 0 Å². The molecule has 0 bridgehead atoms. The molecule has 0 aromatic carbocycles. The van der Waals surface area contributed by atoms with Crippen molar-refractivity contribution in [1.29, 1.82) is 0 Å². The van der Waals surface area contributed by atoms with Crippen molar-refractivity contribution in [2.24, 2.45) is 11.1 Å². The Kier molecular flexibility index (Phi) is 4.95. The molecule has 0 aromatic heterocycles. The van der Waals surface area contributed by atoms with Gasteiger partial charge in [0.05, 0.1) is 0 Å². The van der Waals surface area contributed by atoms with Gasteiger partial charge in [-0.2, -0.15) is 0 Å². The minimum Gasteiger partial charge on any atom is -0.355 e. The van der Waals surface area contributed by atoms with E-state index < -0.39 is 0 Å². The van der Waals surface area contributed by atoms with Crippen molar-refractivity contribution in [3.63, 3.8) is 0 Å². The first-order chi connectivity index (χ1) is 7.86. The molecule has 0 aliphatic carbocycles. The zero-order valence-corrected chi connectivity index (χ0v) is 11.6. The van der Waals surface area contributed by atoms with E-state index in [4.69, 9.17) is 5.73 Å². The number of amides is 1. The van der Waals surface area contributed by atoms with Crippen molar-refractivity contribution in [1.82, 2.24) is 10.2 Å². The fourth-order valence-electron chi connectivity index (χ4n) is 2.75. The van der Waals surface area contributed by atoms with E-state index in [1.54, 1.807) is 0 Å². The van der Waals surface area contributed by atoms with E-state index >= 15 is 0 Å². The Hall–Kier alpha value is -0.610. The molecule has 1 aliphatic heterocycles. The van der Waals surface area contributed by atoms with E-state index in [9.17, 15) is 4.79 Å². The van der Waals surface area contributed by atoms with Crippen molar-refractivity contribution < 1.29 is 4.79 Å². The molecule has 0 radical (unpaired) electrons. The lowest BCUT2D eigenvalue weighted by Crippen LogP contribution is -2.55. The third kappa shape index (κ3) is 3.96. The fourth-order valence-corrected chi connectivity index (χ4v) is 2.75. The molecule has 0 aromatic rings. The van der Waals surface area contributed by atoms with Crippen LogP contribution in [0.4, 0.5) is 0 Å². The number of carbonyl (C=O) groups excluding carboxylic acids is 1. The summed E-state index contributed by atoms with van der Waals surface area (Å²) in [5.74, 6) is 0.158. The van der Waals surface area contributed by atoms with Gasteiger partial charge in [-0.3, -0.25) is 9.69 Å². The number of carbonyl (C=O) groups is 1. The summed E-state index contributed by atoms with van der Waals surface area (Å²) in [6.07, 6.45) is 1.56. The van der Waals surface area contributed by atoms with Gasteiger partial charge in [-0.15, -0.1) is 0 Å². The summed E-state index contributed by atoms with van der Waals surface area (Å²) in [7, 11) is 0. The topological polar surface area (TPSA) is 58.4 Å². The molecule has 1 heterocycles. The number of hydrogen-bond acceptors (Lipinski definition) is 3. The summed E-state index contributed by atoms with van der Waals surface area (Å²) in [4.78, 5) is 13.8. The maximum Gasteiger partial charge on any atom is 0.221 e. The number of rotatable bonds is 3. The van der Waals surface area contributed by atoms with Crippen molar-refractivity contribution in [2.75, 3.05) is 19.6 Å². The third-order valence-electron chi connectivity index (χ3n) is 3.50. The van der Waals surface area contributed by atoms with E-state index in [2.05, 4.69) is 37.9 Å². The third-order valence-corrected chi connectivity index (χ3v) is 3.50. The van der Waals surface area contributed by atoms with Crippen LogP contribution < -0.4 is 11.1 Å². The minimum atomic E-state index is 0.142. The second-order valence-corrected chi connectivity index (χ2v) is 6.02. The monoisotopic (exact) mass is 241 g/mol. The predicted molar refractivity (Wildman–Crippen MR) is 70.7 cm³/mol. The molecular formula is C13H27N3O. The lowest BCUT2D eigenvalue weighted by molar-refractivity contribution is -0.120. The fraction of sp³-hybridized carbons (Fsp3) is 0.923. The van der Waals surface area contributed by atoms with Crippen molar-refractivity contribution >= 4 is 5.91 Å².